The lowest BCUT2D eigenvalue weighted by Crippen LogP contribution is -2.15. The smallest absolute Gasteiger partial charge is 0.0159 e. The van der Waals surface area contributed by atoms with Gasteiger partial charge in [-0.3, -0.25) is 0 Å². The Bertz CT molecular complexity index is 3080. The molecular weight excluding hydrogens is 637 g/mol. The van der Waals surface area contributed by atoms with Crippen LogP contribution in [0.2, 0.25) is 0 Å². The monoisotopic (exact) mass is 672 g/mol. The van der Waals surface area contributed by atoms with E-state index in [4.69, 9.17) is 0 Å². The van der Waals surface area contributed by atoms with Crippen molar-refractivity contribution in [2.45, 2.75) is 19.3 Å². The molecule has 53 heavy (non-hydrogen) atoms. The van der Waals surface area contributed by atoms with Crippen LogP contribution in [0.3, 0.4) is 0 Å². The second kappa shape index (κ2) is 11.2. The van der Waals surface area contributed by atoms with Crippen molar-refractivity contribution in [1.82, 2.24) is 0 Å². The van der Waals surface area contributed by atoms with Gasteiger partial charge in [-0.15, -0.1) is 0 Å². The fourth-order valence-corrected chi connectivity index (χ4v) is 9.35. The van der Waals surface area contributed by atoms with Crippen LogP contribution in [-0.4, -0.2) is 0 Å². The minimum Gasteiger partial charge on any atom is -0.0616 e. The molecule has 10 aromatic rings. The molecule has 0 saturated carbocycles. The first kappa shape index (κ1) is 30.2. The quantitative estimate of drug-likeness (QED) is 0.129. The summed E-state index contributed by atoms with van der Waals surface area (Å²) in [4.78, 5) is 0. The Morgan fingerprint density at radius 1 is 0.283 bits per heavy atom. The third-order valence-corrected chi connectivity index (χ3v) is 12.0. The molecular formula is C53H36. The van der Waals surface area contributed by atoms with Crippen LogP contribution < -0.4 is 0 Å². The molecule has 0 spiro atoms. The molecule has 0 saturated heterocycles. The Morgan fingerprint density at radius 3 is 1.32 bits per heavy atom. The fraction of sp³-hybridized carbons (Fsp3) is 0.0566. The van der Waals surface area contributed by atoms with Gasteiger partial charge in [0.05, 0.1) is 0 Å². The van der Waals surface area contributed by atoms with Gasteiger partial charge >= 0.3 is 0 Å². The Hall–Kier alpha value is -6.50. The summed E-state index contributed by atoms with van der Waals surface area (Å²) in [7, 11) is 0. The second-order valence-corrected chi connectivity index (χ2v) is 15.3. The fourth-order valence-electron chi connectivity index (χ4n) is 9.35. The highest BCUT2D eigenvalue weighted by atomic mass is 14.4. The van der Waals surface area contributed by atoms with Gasteiger partial charge in [0.1, 0.15) is 0 Å². The maximum atomic E-state index is 2.49. The normalized spacial score (nSPS) is 13.2. The highest BCUT2D eigenvalue weighted by Crippen LogP contribution is 2.52. The van der Waals surface area contributed by atoms with E-state index in [2.05, 4.69) is 196 Å². The highest BCUT2D eigenvalue weighted by Gasteiger charge is 2.36. The van der Waals surface area contributed by atoms with Gasteiger partial charge in [-0.25, -0.2) is 0 Å². The van der Waals surface area contributed by atoms with Crippen molar-refractivity contribution in [3.63, 3.8) is 0 Å². The Morgan fingerprint density at radius 2 is 0.679 bits per heavy atom. The van der Waals surface area contributed by atoms with Gasteiger partial charge in [0.25, 0.3) is 0 Å². The summed E-state index contributed by atoms with van der Waals surface area (Å²) in [6.07, 6.45) is 0. The maximum absolute atomic E-state index is 2.49. The molecule has 0 radical (unpaired) electrons. The lowest BCUT2D eigenvalue weighted by atomic mass is 9.80. The van der Waals surface area contributed by atoms with Crippen molar-refractivity contribution in [3.8, 4) is 44.5 Å². The van der Waals surface area contributed by atoms with E-state index in [9.17, 15) is 0 Å². The van der Waals surface area contributed by atoms with Crippen molar-refractivity contribution >= 4 is 53.9 Å². The predicted molar refractivity (Wildman–Crippen MR) is 228 cm³/mol. The van der Waals surface area contributed by atoms with E-state index in [-0.39, 0.29) is 5.41 Å². The summed E-state index contributed by atoms with van der Waals surface area (Å²) in [6, 6.07) is 68.0. The number of hydrogen-bond acceptors (Lipinski definition) is 0. The van der Waals surface area contributed by atoms with Gasteiger partial charge in [-0.1, -0.05) is 172 Å². The van der Waals surface area contributed by atoms with E-state index in [0.29, 0.717) is 0 Å². The van der Waals surface area contributed by atoms with Crippen molar-refractivity contribution in [2.24, 2.45) is 0 Å². The zero-order valence-corrected chi connectivity index (χ0v) is 29.8. The third-order valence-electron chi connectivity index (χ3n) is 12.0. The standard InChI is InChI=1S/C53H36/c1-53(2)49-31-38(37-23-22-35-21-20-34-12-5-6-14-41(34)48(35)30-37)25-27-42(49)43-28-26-40(32-50(43)53)52-46-17-9-7-15-44(46)51(45-16-8-10-18-47(45)52)39-24-19-33-11-3-4-13-36(33)29-39/h3-32H,1-2H3. The van der Waals surface area contributed by atoms with Crippen molar-refractivity contribution in [1.29, 1.82) is 0 Å². The summed E-state index contributed by atoms with van der Waals surface area (Å²) in [5, 5.41) is 12.8. The Kier molecular flexibility index (Phi) is 6.40. The molecule has 0 heterocycles. The van der Waals surface area contributed by atoms with Gasteiger partial charge in [0, 0.05) is 5.41 Å². The van der Waals surface area contributed by atoms with Gasteiger partial charge in [-0.05, 0) is 134 Å². The van der Waals surface area contributed by atoms with Gasteiger partial charge in [0.15, 0.2) is 0 Å². The largest absolute Gasteiger partial charge is 0.0616 e. The number of fused-ring (bicyclic) bond motifs is 9. The van der Waals surface area contributed by atoms with E-state index in [1.807, 2.05) is 0 Å². The minimum absolute atomic E-state index is 0.156. The summed E-state index contributed by atoms with van der Waals surface area (Å²) in [5.41, 5.74) is 12.9. The third kappa shape index (κ3) is 4.49. The Labute approximate surface area is 309 Å². The van der Waals surface area contributed by atoms with Gasteiger partial charge in [-0.2, -0.15) is 0 Å². The summed E-state index contributed by atoms with van der Waals surface area (Å²) < 4.78 is 0. The topological polar surface area (TPSA) is 0 Å². The van der Waals surface area contributed by atoms with Gasteiger partial charge in [0.2, 0.25) is 0 Å². The van der Waals surface area contributed by atoms with Crippen LogP contribution in [0, 0.1) is 0 Å². The van der Waals surface area contributed by atoms with Crippen LogP contribution in [0.1, 0.15) is 25.0 Å². The summed E-state index contributed by atoms with van der Waals surface area (Å²) in [5.74, 6) is 0. The molecule has 11 rings (SSSR count). The first-order valence-electron chi connectivity index (χ1n) is 18.7. The van der Waals surface area contributed by atoms with Gasteiger partial charge < -0.3 is 0 Å². The van der Waals surface area contributed by atoms with Crippen molar-refractivity contribution in [2.75, 3.05) is 0 Å². The molecule has 0 aliphatic heterocycles. The molecule has 0 amide bonds. The highest BCUT2D eigenvalue weighted by molar-refractivity contribution is 6.22. The Balaban J connectivity index is 1.06. The van der Waals surface area contributed by atoms with Crippen LogP contribution >= 0.6 is 0 Å². The van der Waals surface area contributed by atoms with Crippen LogP contribution in [0.5, 0.6) is 0 Å². The zero-order valence-electron chi connectivity index (χ0n) is 29.8. The van der Waals surface area contributed by atoms with Crippen LogP contribution in [0.4, 0.5) is 0 Å². The first-order chi connectivity index (χ1) is 26.0. The molecule has 1 aliphatic carbocycles. The molecule has 0 atom stereocenters. The van der Waals surface area contributed by atoms with Crippen LogP contribution in [0.25, 0.3) is 98.4 Å². The van der Waals surface area contributed by atoms with Crippen LogP contribution in [-0.2, 0) is 5.41 Å². The van der Waals surface area contributed by atoms with E-state index in [1.54, 1.807) is 0 Å². The summed E-state index contributed by atoms with van der Waals surface area (Å²) in [6.45, 7) is 4.80. The molecule has 10 aromatic carbocycles. The van der Waals surface area contributed by atoms with Crippen molar-refractivity contribution in [3.05, 3.63) is 193 Å². The molecule has 0 heteroatoms. The molecule has 1 aliphatic rings. The average molecular weight is 673 g/mol. The average Bonchev–Trinajstić information content (AvgIpc) is 3.44. The first-order valence-corrected chi connectivity index (χ1v) is 18.7. The minimum atomic E-state index is -0.156. The molecule has 0 nitrogen and oxygen atoms in total. The maximum Gasteiger partial charge on any atom is 0.0159 e. The lowest BCUT2D eigenvalue weighted by Gasteiger charge is -2.23. The number of benzene rings is 10. The van der Waals surface area contributed by atoms with E-state index in [0.717, 1.165) is 0 Å². The van der Waals surface area contributed by atoms with E-state index < -0.39 is 0 Å². The predicted octanol–water partition coefficient (Wildman–Crippen LogP) is 14.8. The SMILES string of the molecule is CC1(C)c2cc(-c3ccc4ccc5ccccc5c4c3)ccc2-c2ccc(-c3c4ccccc4c(-c4ccc5ccccc5c4)c4ccccc34)cc21. The molecule has 0 N–H and O–H groups in total. The number of rotatable bonds is 3. The molecule has 248 valence electrons. The second-order valence-electron chi connectivity index (χ2n) is 15.3. The zero-order chi connectivity index (χ0) is 35.3. The summed E-state index contributed by atoms with van der Waals surface area (Å²) >= 11 is 0. The lowest BCUT2D eigenvalue weighted by molar-refractivity contribution is 0.661. The molecule has 0 bridgehead atoms. The van der Waals surface area contributed by atoms with Crippen LogP contribution in [0.15, 0.2) is 182 Å². The molecule has 0 fully saturated rings. The molecule has 0 aromatic heterocycles. The van der Waals surface area contributed by atoms with E-state index >= 15 is 0 Å². The number of hydrogen-bond donors (Lipinski definition) is 0. The van der Waals surface area contributed by atoms with E-state index in [1.165, 1.54) is 109 Å². The van der Waals surface area contributed by atoms with Crippen molar-refractivity contribution < 1.29 is 0 Å². The molecule has 0 unspecified atom stereocenters.